The van der Waals surface area contributed by atoms with E-state index in [1.807, 2.05) is 13.8 Å². The van der Waals surface area contributed by atoms with Crippen molar-refractivity contribution in [3.8, 4) is 0 Å². The monoisotopic (exact) mass is 377 g/mol. The van der Waals surface area contributed by atoms with Crippen molar-refractivity contribution in [3.05, 3.63) is 64.2 Å². The predicted molar refractivity (Wildman–Crippen MR) is 97.6 cm³/mol. The second kappa shape index (κ2) is 7.96. The summed E-state index contributed by atoms with van der Waals surface area (Å²) >= 11 is 0. The Morgan fingerprint density at radius 3 is 2.54 bits per heavy atom. The molecule has 138 valence electrons. The van der Waals surface area contributed by atoms with Crippen LogP contribution in [0.2, 0.25) is 0 Å². The van der Waals surface area contributed by atoms with Gasteiger partial charge in [-0.15, -0.1) is 0 Å². The second-order valence-electron chi connectivity index (χ2n) is 5.69. The Kier molecular flexibility index (Phi) is 5.93. The molecule has 1 unspecified atom stereocenters. The number of nitrogens with one attached hydrogen (secondary N) is 2. The maximum Gasteiger partial charge on any atom is 0.270 e. The van der Waals surface area contributed by atoms with Crippen LogP contribution in [0.15, 0.2) is 53.4 Å². The van der Waals surface area contributed by atoms with E-state index in [9.17, 15) is 23.3 Å². The largest absolute Gasteiger partial charge is 0.350 e. The van der Waals surface area contributed by atoms with E-state index >= 15 is 0 Å². The fourth-order valence-electron chi connectivity index (χ4n) is 2.14. The number of carbonyl (C=O) groups excluding carboxylic acids is 1. The zero-order valence-electron chi connectivity index (χ0n) is 14.3. The number of hydrogen-bond donors (Lipinski definition) is 2. The van der Waals surface area contributed by atoms with E-state index in [0.717, 1.165) is 12.5 Å². The molecule has 2 aromatic rings. The lowest BCUT2D eigenvalue weighted by molar-refractivity contribution is -0.385. The first-order chi connectivity index (χ1) is 12.2. The van der Waals surface area contributed by atoms with Gasteiger partial charge in [0, 0.05) is 18.2 Å². The third kappa shape index (κ3) is 4.57. The minimum Gasteiger partial charge on any atom is -0.350 e. The molecule has 0 radical (unpaired) electrons. The first-order valence-electron chi connectivity index (χ1n) is 7.91. The van der Waals surface area contributed by atoms with E-state index in [1.54, 1.807) is 12.1 Å². The number of amides is 1. The molecule has 0 bridgehead atoms. The van der Waals surface area contributed by atoms with Crippen molar-refractivity contribution in [1.82, 2.24) is 5.32 Å². The molecule has 0 aliphatic heterocycles. The number of rotatable bonds is 7. The van der Waals surface area contributed by atoms with Gasteiger partial charge in [-0.3, -0.25) is 19.6 Å². The number of nitrogens with zero attached hydrogens (tertiary/aromatic N) is 1. The Bertz CT molecular complexity index is 928. The molecule has 1 atom stereocenters. The Hall–Kier alpha value is -2.94. The van der Waals surface area contributed by atoms with Crippen LogP contribution >= 0.6 is 0 Å². The number of sulfonamides is 1. The minimum atomic E-state index is -4.09. The number of carbonyl (C=O) groups is 1. The van der Waals surface area contributed by atoms with Crippen molar-refractivity contribution in [3.63, 3.8) is 0 Å². The fourth-order valence-corrected chi connectivity index (χ4v) is 3.26. The number of para-hydroxylation sites is 1. The minimum absolute atomic E-state index is 0.0658. The van der Waals surface area contributed by atoms with E-state index < -0.39 is 20.9 Å². The van der Waals surface area contributed by atoms with Crippen LogP contribution < -0.4 is 10.0 Å². The van der Waals surface area contributed by atoms with Crippen LogP contribution in [0.25, 0.3) is 0 Å². The summed E-state index contributed by atoms with van der Waals surface area (Å²) in [5.74, 6) is -0.406. The highest BCUT2D eigenvalue weighted by Crippen LogP contribution is 2.23. The van der Waals surface area contributed by atoms with Gasteiger partial charge in [0.15, 0.2) is 0 Å². The van der Waals surface area contributed by atoms with E-state index in [2.05, 4.69) is 10.0 Å². The average Bonchev–Trinajstić information content (AvgIpc) is 2.61. The van der Waals surface area contributed by atoms with Gasteiger partial charge in [-0.2, -0.15) is 0 Å². The summed E-state index contributed by atoms with van der Waals surface area (Å²) in [4.78, 5) is 22.3. The first kappa shape index (κ1) is 19.4. The highest BCUT2D eigenvalue weighted by Gasteiger charge is 2.21. The molecule has 2 N–H and O–H groups in total. The Morgan fingerprint density at radius 2 is 1.88 bits per heavy atom. The molecule has 0 saturated heterocycles. The highest BCUT2D eigenvalue weighted by atomic mass is 32.2. The van der Waals surface area contributed by atoms with Gasteiger partial charge in [0.1, 0.15) is 0 Å². The summed E-state index contributed by atoms with van der Waals surface area (Å²) in [6.07, 6.45) is 0.729. The lowest BCUT2D eigenvalue weighted by Crippen LogP contribution is -2.32. The molecular weight excluding hydrogens is 358 g/mol. The Balaban J connectivity index is 2.34. The van der Waals surface area contributed by atoms with Crippen LogP contribution in [-0.2, 0) is 10.0 Å². The summed E-state index contributed by atoms with van der Waals surface area (Å²) in [5.41, 5.74) is -0.0720. The average molecular weight is 377 g/mol. The molecule has 0 heterocycles. The fraction of sp³-hybridized carbons (Fsp3) is 0.235. The van der Waals surface area contributed by atoms with Crippen molar-refractivity contribution in [1.29, 1.82) is 0 Å². The molecule has 1 amide bonds. The molecule has 9 heteroatoms. The van der Waals surface area contributed by atoms with Gasteiger partial charge in [0.2, 0.25) is 0 Å². The van der Waals surface area contributed by atoms with Gasteiger partial charge in [-0.05, 0) is 31.5 Å². The number of nitro benzene ring substituents is 1. The summed E-state index contributed by atoms with van der Waals surface area (Å²) < 4.78 is 27.5. The lowest BCUT2D eigenvalue weighted by atomic mass is 10.1. The zero-order valence-corrected chi connectivity index (χ0v) is 15.1. The van der Waals surface area contributed by atoms with Gasteiger partial charge in [-0.1, -0.05) is 25.1 Å². The molecule has 8 nitrogen and oxygen atoms in total. The first-order valence-corrected chi connectivity index (χ1v) is 9.40. The zero-order chi connectivity index (χ0) is 19.3. The second-order valence-corrected chi connectivity index (χ2v) is 7.37. The standard InChI is InChI=1S/C17H19N3O5S/c1-3-12(2)18-17(21)15-9-4-5-10-16(15)19-26(24,25)14-8-6-7-13(11-14)20(22)23/h4-12,19H,3H2,1-2H3,(H,18,21). The van der Waals surface area contributed by atoms with E-state index in [4.69, 9.17) is 0 Å². The predicted octanol–water partition coefficient (Wildman–Crippen LogP) is 2.92. The number of hydrogen-bond acceptors (Lipinski definition) is 5. The normalized spacial score (nSPS) is 12.2. The van der Waals surface area contributed by atoms with E-state index in [0.29, 0.717) is 0 Å². The van der Waals surface area contributed by atoms with Gasteiger partial charge < -0.3 is 5.32 Å². The molecule has 26 heavy (non-hydrogen) atoms. The van der Waals surface area contributed by atoms with E-state index in [1.165, 1.54) is 30.3 Å². The lowest BCUT2D eigenvalue weighted by Gasteiger charge is -2.15. The molecule has 2 aromatic carbocycles. The van der Waals surface area contributed by atoms with E-state index in [-0.39, 0.29) is 27.9 Å². The highest BCUT2D eigenvalue weighted by molar-refractivity contribution is 7.92. The summed E-state index contributed by atoms with van der Waals surface area (Å²) in [7, 11) is -4.09. The maximum absolute atomic E-state index is 12.6. The molecule has 2 rings (SSSR count). The summed E-state index contributed by atoms with van der Waals surface area (Å²) in [6.45, 7) is 3.76. The van der Waals surface area contributed by atoms with Crippen LogP contribution in [0.4, 0.5) is 11.4 Å². The molecule has 0 aliphatic carbocycles. The van der Waals surface area contributed by atoms with Crippen molar-refractivity contribution in [2.75, 3.05) is 4.72 Å². The third-order valence-corrected chi connectivity index (χ3v) is 5.11. The molecular formula is C17H19N3O5S. The van der Waals surface area contributed by atoms with Crippen molar-refractivity contribution in [2.45, 2.75) is 31.2 Å². The molecule has 0 saturated carbocycles. The van der Waals surface area contributed by atoms with Crippen molar-refractivity contribution >= 4 is 27.3 Å². The molecule has 0 spiro atoms. The molecule has 0 aromatic heterocycles. The van der Waals surface area contributed by atoms with Gasteiger partial charge in [0.05, 0.1) is 21.1 Å². The molecule has 0 aliphatic rings. The van der Waals surface area contributed by atoms with Gasteiger partial charge in [0.25, 0.3) is 21.6 Å². The summed E-state index contributed by atoms with van der Waals surface area (Å²) in [6, 6.07) is 10.8. The SMILES string of the molecule is CCC(C)NC(=O)c1ccccc1NS(=O)(=O)c1cccc([N+](=O)[O-])c1. The number of anilines is 1. The van der Waals surface area contributed by atoms with Gasteiger partial charge >= 0.3 is 0 Å². The van der Waals surface area contributed by atoms with Crippen LogP contribution in [0.1, 0.15) is 30.6 Å². The summed E-state index contributed by atoms with van der Waals surface area (Å²) in [5, 5.41) is 13.6. The number of benzene rings is 2. The number of non-ortho nitro benzene ring substituents is 1. The van der Waals surface area contributed by atoms with Crippen LogP contribution in [0, 0.1) is 10.1 Å². The Labute approximate surface area is 151 Å². The quantitative estimate of drug-likeness (QED) is 0.568. The Morgan fingerprint density at radius 1 is 1.19 bits per heavy atom. The smallest absolute Gasteiger partial charge is 0.270 e. The maximum atomic E-state index is 12.6. The van der Waals surface area contributed by atoms with Gasteiger partial charge in [-0.25, -0.2) is 8.42 Å². The van der Waals surface area contributed by atoms with Crippen molar-refractivity contribution < 1.29 is 18.1 Å². The topological polar surface area (TPSA) is 118 Å². The third-order valence-electron chi connectivity index (χ3n) is 3.74. The van der Waals surface area contributed by atoms with Crippen LogP contribution in [-0.4, -0.2) is 25.3 Å². The molecule has 0 fully saturated rings. The van der Waals surface area contributed by atoms with Crippen LogP contribution in [0.3, 0.4) is 0 Å². The van der Waals surface area contributed by atoms with Crippen LogP contribution in [0.5, 0.6) is 0 Å². The van der Waals surface area contributed by atoms with Crippen molar-refractivity contribution in [2.24, 2.45) is 0 Å². The number of nitro groups is 1.